The molecule has 4 rings (SSSR count). The second kappa shape index (κ2) is 10.8. The van der Waals surface area contributed by atoms with Gasteiger partial charge in [0.15, 0.2) is 0 Å². The number of nitrogens with one attached hydrogen (secondary N) is 2. The molecular formula is C25H29ClN4O3. The second-order valence-electron chi connectivity index (χ2n) is 8.50. The Hall–Kier alpha value is -2.90. The smallest absolute Gasteiger partial charge is 0.251 e. The molecule has 2 aliphatic heterocycles. The van der Waals surface area contributed by atoms with E-state index in [2.05, 4.69) is 15.5 Å². The van der Waals surface area contributed by atoms with Gasteiger partial charge in [-0.25, -0.2) is 0 Å². The van der Waals surface area contributed by atoms with E-state index in [1.165, 1.54) is 0 Å². The third kappa shape index (κ3) is 5.92. The number of carbonyl (C=O) groups is 3. The molecule has 1 unspecified atom stereocenters. The molecule has 7 nitrogen and oxygen atoms in total. The number of hydrogen-bond acceptors (Lipinski definition) is 4. The van der Waals surface area contributed by atoms with E-state index >= 15 is 0 Å². The second-order valence-corrected chi connectivity index (χ2v) is 8.93. The Bertz CT molecular complexity index is 1000. The van der Waals surface area contributed by atoms with Gasteiger partial charge in [-0.2, -0.15) is 0 Å². The van der Waals surface area contributed by atoms with Crippen LogP contribution in [0.15, 0.2) is 48.5 Å². The average Bonchev–Trinajstić information content (AvgIpc) is 3.50. The number of anilines is 1. The maximum Gasteiger partial charge on any atom is 0.251 e. The van der Waals surface area contributed by atoms with E-state index in [9.17, 15) is 14.4 Å². The first-order chi connectivity index (χ1) is 16.0. The topological polar surface area (TPSA) is 81.8 Å². The van der Waals surface area contributed by atoms with Gasteiger partial charge in [-0.3, -0.25) is 19.3 Å². The van der Waals surface area contributed by atoms with Crippen molar-refractivity contribution in [3.8, 4) is 0 Å². The number of halogens is 1. The molecule has 174 valence electrons. The van der Waals surface area contributed by atoms with Crippen molar-refractivity contribution in [3.05, 3.63) is 64.7 Å². The molecule has 33 heavy (non-hydrogen) atoms. The van der Waals surface area contributed by atoms with E-state index in [0.717, 1.165) is 43.6 Å². The summed E-state index contributed by atoms with van der Waals surface area (Å²) in [7, 11) is 0. The van der Waals surface area contributed by atoms with E-state index in [1.54, 1.807) is 29.2 Å². The zero-order valence-corrected chi connectivity index (χ0v) is 19.3. The first-order valence-electron chi connectivity index (χ1n) is 11.5. The number of carbonyl (C=O) groups excluding carboxylic acids is 3. The van der Waals surface area contributed by atoms with Crippen LogP contribution in [0.3, 0.4) is 0 Å². The fraction of sp³-hybridized carbons (Fsp3) is 0.400. The van der Waals surface area contributed by atoms with Crippen molar-refractivity contribution in [1.29, 1.82) is 0 Å². The van der Waals surface area contributed by atoms with Crippen LogP contribution in [0.1, 0.15) is 47.6 Å². The highest BCUT2D eigenvalue weighted by Crippen LogP contribution is 2.26. The Kier molecular flexibility index (Phi) is 7.62. The van der Waals surface area contributed by atoms with Gasteiger partial charge in [0.2, 0.25) is 11.8 Å². The SMILES string of the molecule is O=C(CNC(=O)c1ccc(N2CCCC2=O)cc1)NCC(c1cccc(Cl)c1)N1CCCC1. The normalized spacial score (nSPS) is 17.2. The molecule has 0 radical (unpaired) electrons. The maximum atomic E-state index is 12.5. The van der Waals surface area contributed by atoms with Gasteiger partial charge in [0.25, 0.3) is 5.91 Å². The largest absolute Gasteiger partial charge is 0.353 e. The number of rotatable bonds is 8. The van der Waals surface area contributed by atoms with Crippen LogP contribution >= 0.6 is 11.6 Å². The van der Waals surface area contributed by atoms with Gasteiger partial charge in [-0.05, 0) is 74.3 Å². The monoisotopic (exact) mass is 468 g/mol. The highest BCUT2D eigenvalue weighted by molar-refractivity contribution is 6.30. The van der Waals surface area contributed by atoms with Gasteiger partial charge < -0.3 is 15.5 Å². The molecule has 2 aliphatic rings. The summed E-state index contributed by atoms with van der Waals surface area (Å²) in [6.07, 6.45) is 3.71. The van der Waals surface area contributed by atoms with Crippen LogP contribution in [0.2, 0.25) is 5.02 Å². The van der Waals surface area contributed by atoms with Crippen molar-refractivity contribution in [3.63, 3.8) is 0 Å². The minimum atomic E-state index is -0.324. The summed E-state index contributed by atoms with van der Waals surface area (Å²) in [5.74, 6) is -0.460. The Morgan fingerprint density at radius 1 is 0.970 bits per heavy atom. The molecule has 2 N–H and O–H groups in total. The first kappa shape index (κ1) is 23.3. The van der Waals surface area contributed by atoms with E-state index in [-0.39, 0.29) is 30.3 Å². The highest BCUT2D eigenvalue weighted by atomic mass is 35.5. The molecule has 0 spiro atoms. The summed E-state index contributed by atoms with van der Waals surface area (Å²) in [4.78, 5) is 40.9. The summed E-state index contributed by atoms with van der Waals surface area (Å²) >= 11 is 6.18. The molecule has 0 bridgehead atoms. The number of benzene rings is 2. The number of nitrogens with zero attached hydrogens (tertiary/aromatic N) is 2. The average molecular weight is 469 g/mol. The molecule has 2 aromatic rings. The van der Waals surface area contributed by atoms with Crippen molar-refractivity contribution in [2.45, 2.75) is 31.7 Å². The van der Waals surface area contributed by atoms with E-state index in [4.69, 9.17) is 11.6 Å². The van der Waals surface area contributed by atoms with Crippen LogP contribution in [0.25, 0.3) is 0 Å². The minimum Gasteiger partial charge on any atom is -0.353 e. The van der Waals surface area contributed by atoms with Gasteiger partial charge in [0.05, 0.1) is 12.6 Å². The summed E-state index contributed by atoms with van der Waals surface area (Å²) < 4.78 is 0. The number of likely N-dealkylation sites (tertiary alicyclic amines) is 1. The van der Waals surface area contributed by atoms with Crippen LogP contribution in [-0.4, -0.2) is 55.3 Å². The van der Waals surface area contributed by atoms with E-state index in [0.29, 0.717) is 30.1 Å². The summed E-state index contributed by atoms with van der Waals surface area (Å²) in [6, 6.07) is 14.7. The predicted molar refractivity (Wildman–Crippen MR) is 128 cm³/mol. The third-order valence-corrected chi connectivity index (χ3v) is 6.47. The molecule has 8 heteroatoms. The fourth-order valence-electron chi connectivity index (χ4n) is 4.47. The van der Waals surface area contributed by atoms with Gasteiger partial charge >= 0.3 is 0 Å². The summed E-state index contributed by atoms with van der Waals surface area (Å²) in [5.41, 5.74) is 2.32. The van der Waals surface area contributed by atoms with Crippen molar-refractivity contribution in [1.82, 2.24) is 15.5 Å². The zero-order valence-electron chi connectivity index (χ0n) is 18.6. The fourth-order valence-corrected chi connectivity index (χ4v) is 4.67. The molecule has 3 amide bonds. The lowest BCUT2D eigenvalue weighted by Gasteiger charge is -2.28. The van der Waals surface area contributed by atoms with Crippen molar-refractivity contribution in [2.24, 2.45) is 0 Å². The predicted octanol–water partition coefficient (Wildman–Crippen LogP) is 3.15. The lowest BCUT2D eigenvalue weighted by atomic mass is 10.1. The minimum absolute atomic E-state index is 0.0479. The molecule has 0 aromatic heterocycles. The van der Waals surface area contributed by atoms with Crippen LogP contribution in [0.4, 0.5) is 5.69 Å². The van der Waals surface area contributed by atoms with Crippen LogP contribution in [-0.2, 0) is 9.59 Å². The quantitative estimate of drug-likeness (QED) is 0.623. The van der Waals surface area contributed by atoms with E-state index < -0.39 is 0 Å². The summed E-state index contributed by atoms with van der Waals surface area (Å²) in [6.45, 7) is 3.03. The van der Waals surface area contributed by atoms with Crippen LogP contribution in [0.5, 0.6) is 0 Å². The van der Waals surface area contributed by atoms with Crippen molar-refractivity contribution in [2.75, 3.05) is 37.6 Å². The van der Waals surface area contributed by atoms with Crippen molar-refractivity contribution >= 4 is 35.0 Å². The molecule has 2 aromatic carbocycles. The van der Waals surface area contributed by atoms with Gasteiger partial charge in [0, 0.05) is 35.8 Å². The van der Waals surface area contributed by atoms with Gasteiger partial charge in [-0.15, -0.1) is 0 Å². The van der Waals surface area contributed by atoms with Gasteiger partial charge in [-0.1, -0.05) is 23.7 Å². The standard InChI is InChI=1S/C25H29ClN4O3/c26-20-6-3-5-19(15-20)22(29-12-1-2-13-29)16-27-23(31)17-28-25(33)18-8-10-21(11-9-18)30-14-4-7-24(30)32/h3,5-6,8-11,15,22H,1-2,4,7,12-14,16-17H2,(H,27,31)(H,28,33). The van der Waals surface area contributed by atoms with Crippen LogP contribution in [0, 0.1) is 0 Å². The van der Waals surface area contributed by atoms with Gasteiger partial charge in [0.1, 0.15) is 0 Å². The Morgan fingerprint density at radius 2 is 1.73 bits per heavy atom. The number of amides is 3. The van der Waals surface area contributed by atoms with Crippen molar-refractivity contribution < 1.29 is 14.4 Å². The Labute approximate surface area is 199 Å². The third-order valence-electron chi connectivity index (χ3n) is 6.23. The molecule has 0 saturated carbocycles. The maximum absolute atomic E-state index is 12.5. The van der Waals surface area contributed by atoms with Crippen LogP contribution < -0.4 is 15.5 Å². The molecule has 2 saturated heterocycles. The summed E-state index contributed by atoms with van der Waals surface area (Å²) in [5, 5.41) is 6.30. The molecule has 2 heterocycles. The molecule has 0 aliphatic carbocycles. The highest BCUT2D eigenvalue weighted by Gasteiger charge is 2.24. The lowest BCUT2D eigenvalue weighted by Crippen LogP contribution is -2.41. The first-order valence-corrected chi connectivity index (χ1v) is 11.8. The molecular weight excluding hydrogens is 440 g/mol. The molecule has 1 atom stereocenters. The Balaban J connectivity index is 1.29. The lowest BCUT2D eigenvalue weighted by molar-refractivity contribution is -0.120. The molecule has 2 fully saturated rings. The zero-order chi connectivity index (χ0) is 23.2. The van der Waals surface area contributed by atoms with E-state index in [1.807, 2.05) is 24.3 Å². The Morgan fingerprint density at radius 3 is 2.39 bits per heavy atom. The number of hydrogen-bond donors (Lipinski definition) is 2.